The second-order valence-electron chi connectivity index (χ2n) is 5.40. The highest BCUT2D eigenvalue weighted by Crippen LogP contribution is 2.31. The van der Waals surface area contributed by atoms with E-state index in [-0.39, 0.29) is 23.0 Å². The summed E-state index contributed by atoms with van der Waals surface area (Å²) in [6, 6.07) is 6.59. The van der Waals surface area contributed by atoms with Gasteiger partial charge in [-0.1, -0.05) is 17.3 Å². The van der Waals surface area contributed by atoms with Crippen molar-refractivity contribution in [2.45, 2.75) is 17.4 Å². The van der Waals surface area contributed by atoms with Crippen LogP contribution in [0.5, 0.6) is 0 Å². The molecular formula is C15H18FN3O4S2. The van der Waals surface area contributed by atoms with Crippen LogP contribution in [-0.4, -0.2) is 38.0 Å². The number of nitroso groups, excluding NO2 is 1. The van der Waals surface area contributed by atoms with E-state index in [1.165, 1.54) is 37.4 Å². The number of nitrogens with two attached hydrogens (primary N) is 1. The number of nitrogen functional groups attached to an aromatic ring is 1. The summed E-state index contributed by atoms with van der Waals surface area (Å²) < 4.78 is 39.2. The van der Waals surface area contributed by atoms with Crippen molar-refractivity contribution in [1.29, 1.82) is 0 Å². The molecule has 0 radical (unpaired) electrons. The highest BCUT2D eigenvalue weighted by atomic mass is 32.2. The van der Waals surface area contributed by atoms with Gasteiger partial charge in [-0.3, -0.25) is 0 Å². The van der Waals surface area contributed by atoms with Crippen LogP contribution >= 0.6 is 11.3 Å². The molecule has 0 saturated carbocycles. The topological polar surface area (TPSA) is 113 Å². The molecule has 136 valence electrons. The van der Waals surface area contributed by atoms with Gasteiger partial charge in [0.05, 0.1) is 12.6 Å². The number of hydrogen-bond acceptors (Lipinski definition) is 7. The summed E-state index contributed by atoms with van der Waals surface area (Å²) in [7, 11) is -2.58. The van der Waals surface area contributed by atoms with Crippen LogP contribution in [0, 0.1) is 10.7 Å². The first-order valence-corrected chi connectivity index (χ1v) is 9.58. The molecule has 0 aliphatic carbocycles. The Morgan fingerprint density at radius 1 is 1.36 bits per heavy atom. The van der Waals surface area contributed by atoms with Gasteiger partial charge in [0, 0.05) is 24.9 Å². The minimum absolute atomic E-state index is 0.0402. The van der Waals surface area contributed by atoms with Crippen molar-refractivity contribution in [2.75, 3.05) is 25.9 Å². The molecule has 7 nitrogen and oxygen atoms in total. The van der Waals surface area contributed by atoms with Crippen molar-refractivity contribution in [3.63, 3.8) is 0 Å². The molecule has 0 spiro atoms. The van der Waals surface area contributed by atoms with Gasteiger partial charge in [-0.25, -0.2) is 12.8 Å². The molecule has 0 saturated heterocycles. The number of benzene rings is 1. The third kappa shape index (κ3) is 4.60. The number of anilines is 1. The molecule has 0 aliphatic heterocycles. The fourth-order valence-corrected chi connectivity index (χ4v) is 4.77. The van der Waals surface area contributed by atoms with Crippen LogP contribution in [0.25, 0.3) is 0 Å². The van der Waals surface area contributed by atoms with E-state index < -0.39 is 21.9 Å². The van der Waals surface area contributed by atoms with E-state index in [2.05, 4.69) is 5.18 Å². The predicted molar refractivity (Wildman–Crippen MR) is 94.3 cm³/mol. The Hall–Kier alpha value is -1.88. The van der Waals surface area contributed by atoms with Gasteiger partial charge in [-0.2, -0.15) is 9.21 Å². The van der Waals surface area contributed by atoms with Gasteiger partial charge in [0.25, 0.3) is 0 Å². The molecule has 1 heterocycles. The number of aliphatic hydroxyl groups excluding tert-OH is 1. The van der Waals surface area contributed by atoms with E-state index >= 15 is 0 Å². The van der Waals surface area contributed by atoms with Crippen molar-refractivity contribution < 1.29 is 17.9 Å². The van der Waals surface area contributed by atoms with Crippen LogP contribution < -0.4 is 5.73 Å². The highest BCUT2D eigenvalue weighted by molar-refractivity contribution is 7.89. The smallest absolute Gasteiger partial charge is 0.245 e. The second-order valence-corrected chi connectivity index (χ2v) is 8.58. The molecule has 1 atom stereocenters. The summed E-state index contributed by atoms with van der Waals surface area (Å²) in [6.07, 6.45) is -0.797. The standard InChI is InChI=1S/C15H18FN3O4S2/c1-19(9-13(20)10-2-4-11(16)5-3-10)25(22,23)14-8-12(6-7-18-21)24-15(14)17/h2-5,8,13,20H,6-7,9,17H2,1H3. The molecule has 10 heteroatoms. The van der Waals surface area contributed by atoms with Gasteiger partial charge in [0.15, 0.2) is 0 Å². The first kappa shape index (κ1) is 19.4. The van der Waals surface area contributed by atoms with E-state index in [4.69, 9.17) is 5.73 Å². The third-order valence-electron chi connectivity index (χ3n) is 3.60. The number of hydrogen-bond donors (Lipinski definition) is 2. The van der Waals surface area contributed by atoms with Gasteiger partial charge >= 0.3 is 0 Å². The lowest BCUT2D eigenvalue weighted by Gasteiger charge is -2.20. The van der Waals surface area contributed by atoms with Crippen LogP contribution in [0.2, 0.25) is 0 Å². The van der Waals surface area contributed by atoms with Crippen molar-refractivity contribution in [3.05, 3.63) is 51.5 Å². The molecule has 2 rings (SSSR count). The van der Waals surface area contributed by atoms with Gasteiger partial charge in [-0.15, -0.1) is 11.3 Å². The van der Waals surface area contributed by atoms with E-state index in [1.807, 2.05) is 0 Å². The fourth-order valence-electron chi connectivity index (χ4n) is 2.22. The zero-order chi connectivity index (χ0) is 18.6. The number of thiophene rings is 1. The highest BCUT2D eigenvalue weighted by Gasteiger charge is 2.27. The van der Waals surface area contributed by atoms with Crippen LogP contribution in [0.3, 0.4) is 0 Å². The lowest BCUT2D eigenvalue weighted by Crippen LogP contribution is -2.31. The molecular weight excluding hydrogens is 369 g/mol. The third-order valence-corrected chi connectivity index (χ3v) is 6.62. The number of rotatable bonds is 8. The largest absolute Gasteiger partial charge is 0.389 e. The van der Waals surface area contributed by atoms with Crippen LogP contribution in [-0.2, 0) is 16.4 Å². The summed E-state index contributed by atoms with van der Waals surface area (Å²) >= 11 is 1.08. The maximum absolute atomic E-state index is 12.9. The first-order chi connectivity index (χ1) is 11.8. The van der Waals surface area contributed by atoms with Crippen LogP contribution in [0.15, 0.2) is 40.4 Å². The van der Waals surface area contributed by atoms with Gasteiger partial charge in [-0.05, 0) is 23.8 Å². The monoisotopic (exact) mass is 387 g/mol. The van der Waals surface area contributed by atoms with E-state index in [9.17, 15) is 22.8 Å². The first-order valence-electron chi connectivity index (χ1n) is 7.33. The summed E-state index contributed by atoms with van der Waals surface area (Å²) in [5.74, 6) is -0.444. The zero-order valence-electron chi connectivity index (χ0n) is 13.4. The Morgan fingerprint density at radius 2 is 2.00 bits per heavy atom. The predicted octanol–water partition coefficient (Wildman–Crippen LogP) is 2.13. The maximum atomic E-state index is 12.9. The van der Waals surface area contributed by atoms with Crippen LogP contribution in [0.1, 0.15) is 16.5 Å². The summed E-state index contributed by atoms with van der Waals surface area (Å²) in [6.45, 7) is -0.174. The van der Waals surface area contributed by atoms with Crippen molar-refractivity contribution in [1.82, 2.24) is 4.31 Å². The lowest BCUT2D eigenvalue weighted by molar-refractivity contribution is 0.155. The molecule has 3 N–H and O–H groups in total. The van der Waals surface area contributed by atoms with Crippen molar-refractivity contribution >= 4 is 26.4 Å². The van der Waals surface area contributed by atoms with E-state index in [0.717, 1.165) is 15.6 Å². The Morgan fingerprint density at radius 3 is 2.60 bits per heavy atom. The summed E-state index contributed by atoms with van der Waals surface area (Å²) in [4.78, 5) is 10.8. The lowest BCUT2D eigenvalue weighted by atomic mass is 10.1. The molecule has 2 aromatic rings. The number of sulfonamides is 1. The van der Waals surface area contributed by atoms with Gasteiger partial charge in [0.2, 0.25) is 10.0 Å². The minimum atomic E-state index is -3.91. The fraction of sp³-hybridized carbons (Fsp3) is 0.333. The Bertz CT molecular complexity index is 837. The summed E-state index contributed by atoms with van der Waals surface area (Å²) in [5, 5.41) is 13.0. The van der Waals surface area contributed by atoms with E-state index in [0.29, 0.717) is 16.9 Å². The molecule has 0 fully saturated rings. The van der Waals surface area contributed by atoms with Crippen molar-refractivity contribution in [3.8, 4) is 0 Å². The Balaban J connectivity index is 2.16. The normalized spacial score (nSPS) is 13.1. The Kier molecular flexibility index (Phi) is 6.22. The number of halogens is 1. The van der Waals surface area contributed by atoms with Gasteiger partial charge in [0.1, 0.15) is 15.7 Å². The average Bonchev–Trinajstić information content (AvgIpc) is 2.95. The summed E-state index contributed by atoms with van der Waals surface area (Å²) in [5.41, 5.74) is 6.20. The molecule has 0 amide bonds. The molecule has 0 bridgehead atoms. The molecule has 1 aromatic heterocycles. The average molecular weight is 387 g/mol. The minimum Gasteiger partial charge on any atom is -0.389 e. The van der Waals surface area contributed by atoms with Crippen LogP contribution in [0.4, 0.5) is 9.39 Å². The quantitative estimate of drug-likeness (QED) is 0.674. The molecule has 25 heavy (non-hydrogen) atoms. The van der Waals surface area contributed by atoms with Crippen molar-refractivity contribution in [2.24, 2.45) is 5.18 Å². The molecule has 1 aromatic carbocycles. The number of likely N-dealkylation sites (N-methyl/N-ethyl adjacent to an activating group) is 1. The van der Waals surface area contributed by atoms with Gasteiger partial charge < -0.3 is 10.8 Å². The second kappa shape index (κ2) is 8.00. The molecule has 1 unspecified atom stereocenters. The molecule has 0 aliphatic rings. The SMILES string of the molecule is CN(CC(O)c1ccc(F)cc1)S(=O)(=O)c1cc(CCN=O)sc1N. The Labute approximate surface area is 148 Å². The van der Waals surface area contributed by atoms with E-state index in [1.54, 1.807) is 0 Å². The number of aliphatic hydroxyl groups is 1. The maximum Gasteiger partial charge on any atom is 0.245 e. The number of nitrogens with zero attached hydrogens (tertiary/aromatic N) is 2. The zero-order valence-corrected chi connectivity index (χ0v) is 15.1.